The lowest BCUT2D eigenvalue weighted by Crippen LogP contribution is -2.45. The molecular weight excluding hydrogens is 280 g/mol. The zero-order valence-electron chi connectivity index (χ0n) is 11.5. The van der Waals surface area contributed by atoms with E-state index in [1.165, 1.54) is 12.3 Å². The van der Waals surface area contributed by atoms with E-state index in [1.807, 2.05) is 0 Å². The molecule has 2 atom stereocenters. The van der Waals surface area contributed by atoms with Crippen molar-refractivity contribution < 1.29 is 4.92 Å². The first kappa shape index (κ1) is 13.6. The zero-order chi connectivity index (χ0) is 14.5. The maximum atomic E-state index is 11.3. The predicted molar refractivity (Wildman–Crippen MR) is 77.2 cm³/mol. The van der Waals surface area contributed by atoms with Gasteiger partial charge in [-0.1, -0.05) is 11.6 Å². The molecule has 20 heavy (non-hydrogen) atoms. The van der Waals surface area contributed by atoms with Crippen LogP contribution in [0, 0.1) is 22.0 Å². The Morgan fingerprint density at radius 1 is 1.55 bits per heavy atom. The van der Waals surface area contributed by atoms with Crippen molar-refractivity contribution >= 4 is 23.1 Å². The van der Waals surface area contributed by atoms with Gasteiger partial charge in [-0.25, -0.2) is 4.98 Å². The van der Waals surface area contributed by atoms with Crippen LogP contribution in [0.15, 0.2) is 12.3 Å². The number of pyridine rings is 1. The lowest BCUT2D eigenvalue weighted by atomic mass is 9.85. The van der Waals surface area contributed by atoms with Crippen LogP contribution in [0.1, 0.15) is 13.8 Å². The van der Waals surface area contributed by atoms with Crippen LogP contribution < -0.4 is 10.2 Å². The fraction of sp³-hybridized carbons (Fsp3) is 0.615. The van der Waals surface area contributed by atoms with Crippen molar-refractivity contribution in [1.82, 2.24) is 10.3 Å². The standard InChI is InChI=1S/C13H17ClN4O2/c1-13(2)10-6-15-4-8(10)7-17(13)12-11(18(19)20)3-9(14)5-16-12/h3,5,8,10,15H,4,6-7H2,1-2H3. The first-order chi connectivity index (χ1) is 9.41. The van der Waals surface area contributed by atoms with E-state index in [1.54, 1.807) is 0 Å². The van der Waals surface area contributed by atoms with Crippen LogP contribution in [0.2, 0.25) is 5.02 Å². The highest BCUT2D eigenvalue weighted by molar-refractivity contribution is 6.30. The predicted octanol–water partition coefficient (Wildman–Crippen LogP) is 2.08. The monoisotopic (exact) mass is 296 g/mol. The molecule has 2 saturated heterocycles. The van der Waals surface area contributed by atoms with Crippen molar-refractivity contribution in [1.29, 1.82) is 0 Å². The third kappa shape index (κ3) is 1.94. The Balaban J connectivity index is 2.04. The Labute approximate surface area is 122 Å². The van der Waals surface area contributed by atoms with Gasteiger partial charge in [0.15, 0.2) is 0 Å². The highest BCUT2D eigenvalue weighted by Gasteiger charge is 2.51. The number of halogens is 1. The number of fused-ring (bicyclic) bond motifs is 1. The summed E-state index contributed by atoms with van der Waals surface area (Å²) in [5.74, 6) is 1.43. The molecule has 3 rings (SSSR count). The largest absolute Gasteiger partial charge is 0.345 e. The molecule has 108 valence electrons. The molecule has 0 aliphatic carbocycles. The minimum absolute atomic E-state index is 0.0153. The number of anilines is 1. The fourth-order valence-electron chi connectivity index (χ4n) is 3.54. The summed E-state index contributed by atoms with van der Waals surface area (Å²) in [6.45, 7) is 6.97. The molecule has 0 saturated carbocycles. The molecule has 1 aromatic heterocycles. The quantitative estimate of drug-likeness (QED) is 0.668. The van der Waals surface area contributed by atoms with Crippen LogP contribution in [0.25, 0.3) is 0 Å². The van der Waals surface area contributed by atoms with Gasteiger partial charge in [-0.15, -0.1) is 0 Å². The second kappa shape index (κ2) is 4.56. The summed E-state index contributed by atoms with van der Waals surface area (Å²) < 4.78 is 0. The van der Waals surface area contributed by atoms with Crippen molar-refractivity contribution in [2.75, 3.05) is 24.5 Å². The van der Waals surface area contributed by atoms with E-state index in [2.05, 4.69) is 29.0 Å². The van der Waals surface area contributed by atoms with Gasteiger partial charge in [0.2, 0.25) is 5.82 Å². The number of hydrogen-bond donors (Lipinski definition) is 1. The average molecular weight is 297 g/mol. The first-order valence-corrected chi connectivity index (χ1v) is 7.07. The molecule has 0 amide bonds. The number of nitrogens with zero attached hydrogens (tertiary/aromatic N) is 3. The molecule has 3 heterocycles. The van der Waals surface area contributed by atoms with Crippen molar-refractivity contribution in [3.8, 4) is 0 Å². The maximum Gasteiger partial charge on any atom is 0.313 e. The van der Waals surface area contributed by atoms with Crippen LogP contribution in [-0.2, 0) is 0 Å². The molecule has 1 aromatic rings. The molecule has 2 aliphatic rings. The molecule has 2 aliphatic heterocycles. The minimum atomic E-state index is -0.406. The van der Waals surface area contributed by atoms with E-state index in [0.29, 0.717) is 22.7 Å². The summed E-state index contributed by atoms with van der Waals surface area (Å²) in [4.78, 5) is 17.2. The van der Waals surface area contributed by atoms with Gasteiger partial charge in [-0.2, -0.15) is 0 Å². The molecular formula is C13H17ClN4O2. The van der Waals surface area contributed by atoms with Crippen LogP contribution in [0.5, 0.6) is 0 Å². The van der Waals surface area contributed by atoms with E-state index in [-0.39, 0.29) is 11.2 Å². The molecule has 1 N–H and O–H groups in total. The van der Waals surface area contributed by atoms with E-state index in [0.717, 1.165) is 19.6 Å². The van der Waals surface area contributed by atoms with E-state index < -0.39 is 4.92 Å². The summed E-state index contributed by atoms with van der Waals surface area (Å²) in [5.41, 5.74) is -0.168. The highest BCUT2D eigenvalue weighted by Crippen LogP contribution is 2.45. The van der Waals surface area contributed by atoms with E-state index >= 15 is 0 Å². The highest BCUT2D eigenvalue weighted by atomic mass is 35.5. The molecule has 7 heteroatoms. The summed E-state index contributed by atoms with van der Waals surface area (Å²) in [6, 6.07) is 1.38. The van der Waals surface area contributed by atoms with Crippen molar-refractivity contribution in [2.24, 2.45) is 11.8 Å². The average Bonchev–Trinajstić information content (AvgIpc) is 2.92. The van der Waals surface area contributed by atoms with Gasteiger partial charge < -0.3 is 10.2 Å². The van der Waals surface area contributed by atoms with Crippen molar-refractivity contribution in [3.05, 3.63) is 27.4 Å². The van der Waals surface area contributed by atoms with Gasteiger partial charge in [0.05, 0.1) is 9.95 Å². The Bertz CT molecular complexity index is 563. The van der Waals surface area contributed by atoms with Gasteiger partial charge >= 0.3 is 5.69 Å². The molecule has 0 spiro atoms. The van der Waals surface area contributed by atoms with Crippen molar-refractivity contribution in [2.45, 2.75) is 19.4 Å². The number of aromatic nitrogens is 1. The van der Waals surface area contributed by atoms with Gasteiger partial charge in [-0.3, -0.25) is 10.1 Å². The Morgan fingerprint density at radius 3 is 2.95 bits per heavy atom. The summed E-state index contributed by atoms with van der Waals surface area (Å²) in [7, 11) is 0. The maximum absolute atomic E-state index is 11.3. The minimum Gasteiger partial charge on any atom is -0.345 e. The summed E-state index contributed by atoms with van der Waals surface area (Å²) in [6.07, 6.45) is 1.48. The molecule has 2 unspecified atom stereocenters. The van der Waals surface area contributed by atoms with E-state index in [9.17, 15) is 10.1 Å². The first-order valence-electron chi connectivity index (χ1n) is 6.69. The molecule has 0 radical (unpaired) electrons. The Kier molecular flexibility index (Phi) is 3.10. The van der Waals surface area contributed by atoms with Crippen LogP contribution in [-0.4, -0.2) is 35.1 Å². The Hall–Kier alpha value is -1.40. The van der Waals surface area contributed by atoms with Crippen LogP contribution in [0.3, 0.4) is 0 Å². The van der Waals surface area contributed by atoms with E-state index in [4.69, 9.17) is 11.6 Å². The SMILES string of the molecule is CC1(C)C2CNCC2CN1c1ncc(Cl)cc1[N+](=O)[O-]. The fourth-order valence-corrected chi connectivity index (χ4v) is 3.70. The number of hydrogen-bond acceptors (Lipinski definition) is 5. The lowest BCUT2D eigenvalue weighted by Gasteiger charge is -2.36. The number of nitro groups is 1. The number of nitrogens with one attached hydrogen (secondary N) is 1. The smallest absolute Gasteiger partial charge is 0.313 e. The third-order valence-corrected chi connectivity index (χ3v) is 4.83. The molecule has 0 aromatic carbocycles. The second-order valence-electron chi connectivity index (χ2n) is 6.04. The molecule has 2 fully saturated rings. The molecule has 0 bridgehead atoms. The third-order valence-electron chi connectivity index (χ3n) is 4.63. The summed E-state index contributed by atoms with van der Waals surface area (Å²) >= 11 is 5.84. The van der Waals surface area contributed by atoms with Gasteiger partial charge in [0.25, 0.3) is 0 Å². The van der Waals surface area contributed by atoms with Crippen LogP contribution >= 0.6 is 11.6 Å². The van der Waals surface area contributed by atoms with Gasteiger partial charge in [0.1, 0.15) is 0 Å². The summed E-state index contributed by atoms with van der Waals surface area (Å²) in [5, 5.41) is 14.9. The zero-order valence-corrected chi connectivity index (χ0v) is 12.2. The lowest BCUT2D eigenvalue weighted by molar-refractivity contribution is -0.384. The van der Waals surface area contributed by atoms with Gasteiger partial charge in [0, 0.05) is 37.4 Å². The van der Waals surface area contributed by atoms with Crippen molar-refractivity contribution in [3.63, 3.8) is 0 Å². The Morgan fingerprint density at radius 2 is 2.30 bits per heavy atom. The number of rotatable bonds is 2. The molecule has 6 nitrogen and oxygen atoms in total. The van der Waals surface area contributed by atoms with Gasteiger partial charge in [-0.05, 0) is 25.7 Å². The normalized spacial score (nSPS) is 27.6. The topological polar surface area (TPSA) is 71.3 Å². The van der Waals surface area contributed by atoms with Crippen LogP contribution in [0.4, 0.5) is 11.5 Å². The second-order valence-corrected chi connectivity index (χ2v) is 6.48.